The molecule has 9 nitrogen and oxygen atoms in total. The molecule has 2 atom stereocenters. The van der Waals surface area contributed by atoms with Crippen LogP contribution in [0.5, 0.6) is 0 Å². The average molecular weight is 503 g/mol. The lowest BCUT2D eigenvalue weighted by atomic mass is 9.98. The Morgan fingerprint density at radius 3 is 2.58 bits per heavy atom. The summed E-state index contributed by atoms with van der Waals surface area (Å²) in [5.74, 6) is -1.85. The number of aryl methyl sites for hydroxylation is 1. The van der Waals surface area contributed by atoms with Gasteiger partial charge in [0.05, 0.1) is 36.7 Å². The second-order valence-corrected chi connectivity index (χ2v) is 10.0. The standard InChI is InChI=1S/C19H18ClF3N6O3S/c1-27-10-25-18(17(27)20)33(30,31)29-4-5-32-19(29)2-3-28(9-15(19)23)16-8-24-13-6-11(21)12(22)7-14(13)26-16/h6-8,10,15H,2-5,9H2,1H3/t15-,19+/m1/s1. The maximum atomic E-state index is 15.6. The molecule has 176 valence electrons. The molecule has 3 aromatic rings. The van der Waals surface area contributed by atoms with E-state index in [1.807, 2.05) is 0 Å². The first kappa shape index (κ1) is 22.3. The van der Waals surface area contributed by atoms with Gasteiger partial charge in [-0.15, -0.1) is 0 Å². The van der Waals surface area contributed by atoms with E-state index in [9.17, 15) is 17.2 Å². The number of alkyl halides is 1. The minimum atomic E-state index is -4.23. The van der Waals surface area contributed by atoms with Gasteiger partial charge < -0.3 is 14.2 Å². The van der Waals surface area contributed by atoms with Gasteiger partial charge >= 0.3 is 0 Å². The molecule has 4 heterocycles. The number of aromatic nitrogens is 4. The third-order valence-corrected chi connectivity index (χ3v) is 8.36. The van der Waals surface area contributed by atoms with E-state index in [4.69, 9.17) is 16.3 Å². The van der Waals surface area contributed by atoms with E-state index in [-0.39, 0.29) is 59.7 Å². The van der Waals surface area contributed by atoms with E-state index in [0.29, 0.717) is 0 Å². The normalized spacial score (nSPS) is 24.3. The molecule has 0 amide bonds. The molecule has 0 unspecified atom stereocenters. The Kier molecular flexibility index (Phi) is 5.27. The number of sulfonamides is 1. The van der Waals surface area contributed by atoms with Gasteiger partial charge in [-0.2, -0.15) is 4.31 Å². The smallest absolute Gasteiger partial charge is 0.266 e. The third kappa shape index (κ3) is 3.45. The lowest BCUT2D eigenvalue weighted by Gasteiger charge is -2.45. The fourth-order valence-corrected chi connectivity index (χ4v) is 6.35. The molecule has 0 N–H and O–H groups in total. The number of piperidine rings is 1. The van der Waals surface area contributed by atoms with E-state index < -0.39 is 33.6 Å². The predicted octanol–water partition coefficient (Wildman–Crippen LogP) is 2.26. The molecule has 1 spiro atoms. The summed E-state index contributed by atoms with van der Waals surface area (Å²) < 4.78 is 77.2. The molecule has 2 aromatic heterocycles. The van der Waals surface area contributed by atoms with Crippen molar-refractivity contribution in [2.24, 2.45) is 7.05 Å². The Bertz CT molecular complexity index is 1360. The summed E-state index contributed by atoms with van der Waals surface area (Å²) in [5, 5.41) is -0.444. The van der Waals surface area contributed by atoms with E-state index in [1.54, 1.807) is 11.9 Å². The molecular formula is C19H18ClF3N6O3S. The van der Waals surface area contributed by atoms with Gasteiger partial charge in [0.25, 0.3) is 10.0 Å². The van der Waals surface area contributed by atoms with Gasteiger partial charge in [0.2, 0.25) is 5.03 Å². The van der Waals surface area contributed by atoms with E-state index in [2.05, 4.69) is 15.0 Å². The molecule has 2 saturated heterocycles. The van der Waals surface area contributed by atoms with Crippen molar-refractivity contribution in [3.05, 3.63) is 41.4 Å². The Hall–Kier alpha value is -2.48. The van der Waals surface area contributed by atoms with Gasteiger partial charge in [0.1, 0.15) is 11.0 Å². The van der Waals surface area contributed by atoms with Gasteiger partial charge in [-0.05, 0) is 0 Å². The molecule has 2 aliphatic rings. The molecule has 0 bridgehead atoms. The average Bonchev–Trinajstić information content (AvgIpc) is 3.36. The van der Waals surface area contributed by atoms with Crippen molar-refractivity contribution in [3.8, 4) is 0 Å². The van der Waals surface area contributed by atoms with E-state index in [0.717, 1.165) is 16.4 Å². The van der Waals surface area contributed by atoms with Crippen molar-refractivity contribution in [1.29, 1.82) is 0 Å². The van der Waals surface area contributed by atoms with Gasteiger partial charge in [0.15, 0.2) is 23.5 Å². The monoisotopic (exact) mass is 502 g/mol. The minimum Gasteiger partial charge on any atom is -0.355 e. The number of ether oxygens (including phenoxy) is 1. The van der Waals surface area contributed by atoms with Crippen LogP contribution in [0, 0.1) is 11.6 Å². The van der Waals surface area contributed by atoms with E-state index >= 15 is 4.39 Å². The van der Waals surface area contributed by atoms with Crippen LogP contribution in [0.4, 0.5) is 19.0 Å². The number of anilines is 1. The highest BCUT2D eigenvalue weighted by atomic mass is 35.5. The van der Waals surface area contributed by atoms with Gasteiger partial charge in [-0.1, -0.05) is 11.6 Å². The molecule has 5 rings (SSSR count). The van der Waals surface area contributed by atoms with Crippen LogP contribution in [0.2, 0.25) is 5.15 Å². The number of halogens is 4. The zero-order valence-corrected chi connectivity index (χ0v) is 18.8. The maximum absolute atomic E-state index is 15.6. The highest BCUT2D eigenvalue weighted by molar-refractivity contribution is 7.89. The van der Waals surface area contributed by atoms with Gasteiger partial charge in [-0.25, -0.2) is 31.6 Å². The van der Waals surface area contributed by atoms with Crippen molar-refractivity contribution in [1.82, 2.24) is 23.8 Å². The van der Waals surface area contributed by atoms with Crippen LogP contribution in [0.25, 0.3) is 11.0 Å². The zero-order chi connectivity index (χ0) is 23.5. The number of hydrogen-bond acceptors (Lipinski definition) is 7. The summed E-state index contributed by atoms with van der Waals surface area (Å²) >= 11 is 6.09. The minimum absolute atomic E-state index is 0.00462. The van der Waals surface area contributed by atoms with Gasteiger partial charge in [-0.3, -0.25) is 4.98 Å². The van der Waals surface area contributed by atoms with E-state index in [1.165, 1.54) is 17.1 Å². The number of rotatable bonds is 3. The lowest BCUT2D eigenvalue weighted by molar-refractivity contribution is -0.116. The molecule has 33 heavy (non-hydrogen) atoms. The van der Waals surface area contributed by atoms with Crippen LogP contribution < -0.4 is 4.90 Å². The number of nitrogens with zero attached hydrogens (tertiary/aromatic N) is 6. The summed E-state index contributed by atoms with van der Waals surface area (Å²) in [5.41, 5.74) is -1.44. The van der Waals surface area contributed by atoms with Crippen molar-refractivity contribution >= 4 is 38.5 Å². The Morgan fingerprint density at radius 2 is 1.91 bits per heavy atom. The second-order valence-electron chi connectivity index (χ2n) is 7.87. The third-order valence-electron chi connectivity index (χ3n) is 5.94. The summed E-state index contributed by atoms with van der Waals surface area (Å²) in [7, 11) is -2.68. The van der Waals surface area contributed by atoms with Crippen molar-refractivity contribution in [3.63, 3.8) is 0 Å². The highest BCUT2D eigenvalue weighted by Gasteiger charge is 2.57. The molecule has 0 aliphatic carbocycles. The summed E-state index contributed by atoms with van der Waals surface area (Å²) in [6.45, 7) is -0.0842. The molecule has 0 saturated carbocycles. The molecule has 2 fully saturated rings. The quantitative estimate of drug-likeness (QED) is 0.542. The number of imidazole rings is 1. The Labute approximate surface area is 191 Å². The SMILES string of the molecule is Cn1cnc(S(=O)(=O)N2CCO[C@]23CCN(c2cnc4cc(F)c(F)cc4n2)C[C@H]3F)c1Cl. The van der Waals surface area contributed by atoms with Gasteiger partial charge in [0, 0.05) is 38.7 Å². The molecule has 1 aromatic carbocycles. The number of hydrogen-bond donors (Lipinski definition) is 0. The fraction of sp³-hybridized carbons (Fsp3) is 0.421. The second kappa shape index (κ2) is 7.79. The molecule has 2 aliphatic heterocycles. The van der Waals surface area contributed by atoms with Crippen LogP contribution in [-0.4, -0.2) is 70.4 Å². The lowest BCUT2D eigenvalue weighted by Crippen LogP contribution is -2.62. The number of fused-ring (bicyclic) bond motifs is 1. The van der Waals surface area contributed by atoms with Crippen LogP contribution in [-0.2, 0) is 21.8 Å². The Morgan fingerprint density at radius 1 is 1.18 bits per heavy atom. The fourth-order valence-electron chi connectivity index (χ4n) is 4.24. The van der Waals surface area contributed by atoms with Crippen LogP contribution in [0.1, 0.15) is 6.42 Å². The van der Waals surface area contributed by atoms with Crippen molar-refractivity contribution in [2.45, 2.75) is 23.3 Å². The van der Waals surface area contributed by atoms with Crippen LogP contribution in [0.3, 0.4) is 0 Å². The first-order valence-corrected chi connectivity index (χ1v) is 11.8. The summed E-state index contributed by atoms with van der Waals surface area (Å²) in [4.78, 5) is 13.8. The van der Waals surface area contributed by atoms with Crippen LogP contribution >= 0.6 is 11.6 Å². The first-order valence-electron chi connectivity index (χ1n) is 9.98. The summed E-state index contributed by atoms with van der Waals surface area (Å²) in [6, 6.07) is 1.85. The largest absolute Gasteiger partial charge is 0.355 e. The predicted molar refractivity (Wildman–Crippen MR) is 112 cm³/mol. The van der Waals surface area contributed by atoms with Crippen molar-refractivity contribution in [2.75, 3.05) is 31.1 Å². The highest BCUT2D eigenvalue weighted by Crippen LogP contribution is 2.41. The maximum Gasteiger partial charge on any atom is 0.266 e. The summed E-state index contributed by atoms with van der Waals surface area (Å²) in [6.07, 6.45) is 0.854. The van der Waals surface area contributed by atoms with Crippen molar-refractivity contribution < 1.29 is 26.3 Å². The first-order chi connectivity index (χ1) is 15.6. The topological polar surface area (TPSA) is 93.5 Å². The number of benzene rings is 1. The zero-order valence-electron chi connectivity index (χ0n) is 17.3. The molecule has 0 radical (unpaired) electrons. The molecule has 14 heteroatoms. The molecular weight excluding hydrogens is 485 g/mol. The Balaban J connectivity index is 1.43. The van der Waals surface area contributed by atoms with Crippen LogP contribution in [0.15, 0.2) is 29.7 Å².